The number of esters is 1. The van der Waals surface area contributed by atoms with E-state index in [0.29, 0.717) is 16.5 Å². The molecule has 9 heteroatoms. The quantitative estimate of drug-likeness (QED) is 0.563. The fourth-order valence-electron chi connectivity index (χ4n) is 3.75. The van der Waals surface area contributed by atoms with E-state index in [1.807, 2.05) is 30.3 Å². The van der Waals surface area contributed by atoms with Gasteiger partial charge in [-0.15, -0.1) is 11.3 Å². The highest BCUT2D eigenvalue weighted by Gasteiger charge is 2.25. The van der Waals surface area contributed by atoms with Crippen LogP contribution in [0.5, 0.6) is 0 Å². The summed E-state index contributed by atoms with van der Waals surface area (Å²) in [5.74, 6) is -0.805. The number of rotatable bonds is 6. The Hall–Kier alpha value is -3.77. The third-order valence-electron chi connectivity index (χ3n) is 5.46. The summed E-state index contributed by atoms with van der Waals surface area (Å²) in [5, 5.41) is 16.8. The molecule has 0 spiro atoms. The Labute approximate surface area is 194 Å². The maximum absolute atomic E-state index is 12.4. The lowest BCUT2D eigenvalue weighted by molar-refractivity contribution is -0.119. The van der Waals surface area contributed by atoms with Gasteiger partial charge >= 0.3 is 5.97 Å². The highest BCUT2D eigenvalue weighted by molar-refractivity contribution is 7.16. The number of hydrogen-bond acceptors (Lipinski definition) is 7. The second-order valence-electron chi connectivity index (χ2n) is 7.99. The van der Waals surface area contributed by atoms with Crippen molar-refractivity contribution in [1.29, 1.82) is 5.26 Å². The third-order valence-corrected chi connectivity index (χ3v) is 6.63. The van der Waals surface area contributed by atoms with E-state index in [0.717, 1.165) is 35.3 Å². The summed E-state index contributed by atoms with van der Waals surface area (Å²) in [6.07, 6.45) is 2.73. The van der Waals surface area contributed by atoms with Crippen LogP contribution in [0.1, 0.15) is 45.4 Å². The van der Waals surface area contributed by atoms with E-state index in [1.54, 1.807) is 0 Å². The first-order valence-electron chi connectivity index (χ1n) is 10.6. The fraction of sp³-hybridized carbons (Fsp3) is 0.292. The van der Waals surface area contributed by atoms with Crippen molar-refractivity contribution in [3.8, 4) is 6.07 Å². The highest BCUT2D eigenvalue weighted by atomic mass is 32.1. The van der Waals surface area contributed by atoms with Crippen molar-refractivity contribution in [3.05, 3.63) is 80.1 Å². The van der Waals surface area contributed by atoms with Crippen LogP contribution in [0.25, 0.3) is 0 Å². The van der Waals surface area contributed by atoms with Crippen LogP contribution in [0, 0.1) is 17.2 Å². The Kier molecular flexibility index (Phi) is 6.66. The molecule has 0 bridgehead atoms. The molecule has 0 saturated heterocycles. The molecule has 1 N–H and O–H groups in total. The first-order valence-corrected chi connectivity index (χ1v) is 11.4. The molecule has 0 radical (unpaired) electrons. The Morgan fingerprint density at radius 3 is 2.82 bits per heavy atom. The minimum atomic E-state index is -0.813. The molecule has 2 aromatic heterocycles. The van der Waals surface area contributed by atoms with Crippen molar-refractivity contribution < 1.29 is 14.3 Å². The highest BCUT2D eigenvalue weighted by Crippen LogP contribution is 2.39. The van der Waals surface area contributed by atoms with E-state index >= 15 is 0 Å². The maximum Gasteiger partial charge on any atom is 0.359 e. The lowest BCUT2D eigenvalue weighted by Crippen LogP contribution is -2.26. The van der Waals surface area contributed by atoms with Gasteiger partial charge in [-0.25, -0.2) is 9.48 Å². The Balaban J connectivity index is 1.39. The number of carbonyl (C=O) groups excluding carboxylic acids is 2. The van der Waals surface area contributed by atoms with E-state index in [9.17, 15) is 19.6 Å². The lowest BCUT2D eigenvalue weighted by Gasteiger charge is -2.17. The molecule has 168 valence electrons. The summed E-state index contributed by atoms with van der Waals surface area (Å²) >= 11 is 1.41. The molecule has 1 atom stereocenters. The first kappa shape index (κ1) is 22.4. The van der Waals surface area contributed by atoms with E-state index in [1.165, 1.54) is 28.2 Å². The molecule has 0 fully saturated rings. The molecule has 1 aliphatic rings. The van der Waals surface area contributed by atoms with Crippen molar-refractivity contribution in [2.75, 3.05) is 11.9 Å². The normalized spacial score (nSPS) is 14.7. The molecular weight excluding hydrogens is 440 g/mol. The number of carbonyl (C=O) groups is 2. The monoisotopic (exact) mass is 462 g/mol. The van der Waals surface area contributed by atoms with Crippen LogP contribution in [0.2, 0.25) is 0 Å². The van der Waals surface area contributed by atoms with Crippen LogP contribution in [0.15, 0.2) is 47.3 Å². The summed E-state index contributed by atoms with van der Waals surface area (Å²) in [6.45, 7) is 1.85. The Morgan fingerprint density at radius 1 is 1.27 bits per heavy atom. The molecule has 1 aliphatic carbocycles. The zero-order valence-corrected chi connectivity index (χ0v) is 18.9. The van der Waals surface area contributed by atoms with Gasteiger partial charge in [-0.3, -0.25) is 9.59 Å². The number of anilines is 1. The van der Waals surface area contributed by atoms with E-state index in [-0.39, 0.29) is 17.8 Å². The van der Waals surface area contributed by atoms with Crippen molar-refractivity contribution in [1.82, 2.24) is 9.78 Å². The molecule has 4 rings (SSSR count). The van der Waals surface area contributed by atoms with Gasteiger partial charge in [0.25, 0.3) is 11.5 Å². The Morgan fingerprint density at radius 2 is 2.06 bits per heavy atom. The number of nitrogens with one attached hydrogen (secondary N) is 1. The van der Waals surface area contributed by atoms with Crippen LogP contribution in [0.4, 0.5) is 5.00 Å². The SMILES string of the molecule is CC1CCc2c(sc(NC(=O)COC(=O)c3ccc(=O)n(Cc4ccccc4)n3)c2C#N)C1. The van der Waals surface area contributed by atoms with Crippen molar-refractivity contribution >= 4 is 28.2 Å². The largest absolute Gasteiger partial charge is 0.451 e. The van der Waals surface area contributed by atoms with Gasteiger partial charge in [0.05, 0.1) is 12.1 Å². The predicted octanol–water partition coefficient (Wildman–Crippen LogP) is 3.15. The van der Waals surface area contributed by atoms with Crippen LogP contribution in [-0.2, 0) is 28.9 Å². The van der Waals surface area contributed by atoms with Gasteiger partial charge < -0.3 is 10.1 Å². The van der Waals surface area contributed by atoms with Crippen LogP contribution < -0.4 is 10.9 Å². The first-order chi connectivity index (χ1) is 15.9. The smallest absolute Gasteiger partial charge is 0.359 e. The molecule has 0 saturated carbocycles. The molecule has 3 aromatic rings. The minimum Gasteiger partial charge on any atom is -0.451 e. The van der Waals surface area contributed by atoms with Crippen molar-refractivity contribution in [3.63, 3.8) is 0 Å². The molecule has 1 unspecified atom stereocenters. The number of thiophene rings is 1. The summed E-state index contributed by atoms with van der Waals surface area (Å²) in [7, 11) is 0. The minimum absolute atomic E-state index is 0.0726. The second-order valence-corrected chi connectivity index (χ2v) is 9.10. The topological polar surface area (TPSA) is 114 Å². The van der Waals surface area contributed by atoms with E-state index < -0.39 is 18.5 Å². The molecule has 33 heavy (non-hydrogen) atoms. The van der Waals surface area contributed by atoms with Crippen LogP contribution in [0.3, 0.4) is 0 Å². The summed E-state index contributed by atoms with van der Waals surface area (Å²) in [5.41, 5.74) is 1.94. The molecule has 0 aliphatic heterocycles. The number of fused-ring (bicyclic) bond motifs is 1. The van der Waals surface area contributed by atoms with Gasteiger partial charge in [-0.2, -0.15) is 10.4 Å². The summed E-state index contributed by atoms with van der Waals surface area (Å²) in [4.78, 5) is 38.0. The number of hydrogen-bond donors (Lipinski definition) is 1. The van der Waals surface area contributed by atoms with Crippen molar-refractivity contribution in [2.24, 2.45) is 5.92 Å². The van der Waals surface area contributed by atoms with E-state index in [4.69, 9.17) is 4.74 Å². The molecular formula is C24H22N4O4S. The number of benzene rings is 1. The summed E-state index contributed by atoms with van der Waals surface area (Å²) < 4.78 is 6.26. The van der Waals surface area contributed by atoms with Gasteiger partial charge in [-0.05, 0) is 42.4 Å². The zero-order chi connectivity index (χ0) is 23.4. The Bertz CT molecular complexity index is 1290. The number of nitriles is 1. The lowest BCUT2D eigenvalue weighted by atomic mass is 9.89. The van der Waals surface area contributed by atoms with Crippen LogP contribution >= 0.6 is 11.3 Å². The number of aromatic nitrogens is 2. The fourth-order valence-corrected chi connectivity index (χ4v) is 5.13. The average molecular weight is 463 g/mol. The standard InChI is InChI=1S/C24H22N4O4S/c1-15-7-8-17-18(12-25)23(33-20(17)11-15)26-21(29)14-32-24(31)19-9-10-22(30)28(27-19)13-16-5-3-2-4-6-16/h2-6,9-10,15H,7-8,11,13-14H2,1H3,(H,26,29). The maximum atomic E-state index is 12.4. The summed E-state index contributed by atoms with van der Waals surface area (Å²) in [6, 6.07) is 14.0. The van der Waals surface area contributed by atoms with Gasteiger partial charge in [0, 0.05) is 10.9 Å². The zero-order valence-electron chi connectivity index (χ0n) is 18.0. The second kappa shape index (κ2) is 9.79. The van der Waals surface area contributed by atoms with E-state index in [2.05, 4.69) is 23.4 Å². The average Bonchev–Trinajstić information content (AvgIpc) is 3.15. The van der Waals surface area contributed by atoms with Crippen LogP contribution in [-0.4, -0.2) is 28.3 Å². The van der Waals surface area contributed by atoms with Gasteiger partial charge in [0.2, 0.25) is 0 Å². The van der Waals surface area contributed by atoms with Gasteiger partial charge in [0.15, 0.2) is 12.3 Å². The molecule has 1 aromatic carbocycles. The molecule has 2 heterocycles. The predicted molar refractivity (Wildman–Crippen MR) is 123 cm³/mol. The van der Waals surface area contributed by atoms with Gasteiger partial charge in [0.1, 0.15) is 11.1 Å². The third kappa shape index (κ3) is 5.18. The number of nitrogens with zero attached hydrogens (tertiary/aromatic N) is 3. The number of amides is 1. The molecule has 8 nitrogen and oxygen atoms in total. The van der Waals surface area contributed by atoms with Crippen molar-refractivity contribution in [2.45, 2.75) is 32.7 Å². The number of ether oxygens (including phenoxy) is 1. The van der Waals surface area contributed by atoms with Gasteiger partial charge in [-0.1, -0.05) is 37.3 Å². The molecule has 1 amide bonds.